The van der Waals surface area contributed by atoms with Crippen molar-refractivity contribution < 1.29 is 4.74 Å². The third-order valence-electron chi connectivity index (χ3n) is 0.925. The van der Waals surface area contributed by atoms with E-state index >= 15 is 0 Å². The van der Waals surface area contributed by atoms with E-state index < -0.39 is 0 Å². The Balaban J connectivity index is 3.47. The summed E-state index contributed by atoms with van der Waals surface area (Å²) >= 11 is 5.46. The molecule has 0 fully saturated rings. The van der Waals surface area contributed by atoms with Gasteiger partial charge in [0.2, 0.25) is 0 Å². The molecule has 0 saturated carbocycles. The largest absolute Gasteiger partial charge is 0.501 e. The summed E-state index contributed by atoms with van der Waals surface area (Å²) in [5.41, 5.74) is 0.934. The maximum atomic E-state index is 5.46. The second-order valence-corrected chi connectivity index (χ2v) is 2.07. The van der Waals surface area contributed by atoms with Crippen LogP contribution in [0.4, 0.5) is 0 Å². The predicted molar refractivity (Wildman–Crippen MR) is 40.6 cm³/mol. The normalized spacial score (nSPS) is 8.67. The molecule has 0 aromatic rings. The van der Waals surface area contributed by atoms with Crippen LogP contribution in [-0.4, -0.2) is 13.0 Å². The zero-order valence-corrected chi connectivity index (χ0v) is 6.37. The summed E-state index contributed by atoms with van der Waals surface area (Å²) in [5.74, 6) is 1.18. The number of alkyl halides is 1. The highest BCUT2D eigenvalue weighted by atomic mass is 35.5. The van der Waals surface area contributed by atoms with Gasteiger partial charge in [-0.05, 0) is 0 Å². The molecule has 0 radical (unpaired) electrons. The van der Waals surface area contributed by atoms with Crippen LogP contribution in [0.5, 0.6) is 0 Å². The van der Waals surface area contributed by atoms with E-state index in [1.165, 1.54) is 0 Å². The lowest BCUT2D eigenvalue weighted by Crippen LogP contribution is -1.88. The average molecular weight is 147 g/mol. The lowest BCUT2D eigenvalue weighted by atomic mass is 10.2. The fourth-order valence-corrected chi connectivity index (χ4v) is 0.493. The van der Waals surface area contributed by atoms with Gasteiger partial charge in [-0.25, -0.2) is 0 Å². The van der Waals surface area contributed by atoms with Crippen LogP contribution >= 0.6 is 11.6 Å². The maximum Gasteiger partial charge on any atom is 0.0924 e. The van der Waals surface area contributed by atoms with E-state index in [-0.39, 0.29) is 0 Å². The Morgan fingerprint density at radius 2 is 2.11 bits per heavy atom. The van der Waals surface area contributed by atoms with Gasteiger partial charge in [-0.2, -0.15) is 0 Å². The zero-order chi connectivity index (χ0) is 7.28. The van der Waals surface area contributed by atoms with Gasteiger partial charge in [0.15, 0.2) is 0 Å². The Hall–Kier alpha value is -0.430. The summed E-state index contributed by atoms with van der Waals surface area (Å²) in [6.07, 6.45) is 0.667. The topological polar surface area (TPSA) is 9.23 Å². The van der Waals surface area contributed by atoms with E-state index in [2.05, 4.69) is 13.2 Å². The summed E-state index contributed by atoms with van der Waals surface area (Å²) in [4.78, 5) is 0. The molecule has 0 spiro atoms. The van der Waals surface area contributed by atoms with Gasteiger partial charge in [0.1, 0.15) is 0 Å². The first-order valence-corrected chi connectivity index (χ1v) is 3.18. The third-order valence-corrected chi connectivity index (χ3v) is 1.30. The summed E-state index contributed by atoms with van der Waals surface area (Å²) in [6, 6.07) is 0. The number of methoxy groups -OCH3 is 1. The van der Waals surface area contributed by atoms with Crippen molar-refractivity contribution in [1.29, 1.82) is 0 Å². The summed E-state index contributed by atoms with van der Waals surface area (Å²) in [6.45, 7) is 7.31. The van der Waals surface area contributed by atoms with Crippen molar-refractivity contribution >= 4 is 11.6 Å². The van der Waals surface area contributed by atoms with Crippen molar-refractivity contribution in [2.75, 3.05) is 13.0 Å². The average Bonchev–Trinajstić information content (AvgIpc) is 1.87. The molecule has 0 rings (SSSR count). The minimum absolute atomic E-state index is 0.475. The van der Waals surface area contributed by atoms with E-state index in [0.29, 0.717) is 18.1 Å². The van der Waals surface area contributed by atoms with Gasteiger partial charge >= 0.3 is 0 Å². The molecule has 9 heavy (non-hydrogen) atoms. The van der Waals surface area contributed by atoms with Crippen molar-refractivity contribution in [3.63, 3.8) is 0 Å². The van der Waals surface area contributed by atoms with Crippen LogP contribution < -0.4 is 0 Å². The first kappa shape index (κ1) is 8.57. The van der Waals surface area contributed by atoms with Crippen LogP contribution in [0, 0.1) is 0 Å². The Morgan fingerprint density at radius 3 is 2.44 bits per heavy atom. The molecule has 0 aliphatic heterocycles. The van der Waals surface area contributed by atoms with E-state index in [1.54, 1.807) is 7.11 Å². The highest BCUT2D eigenvalue weighted by Crippen LogP contribution is 2.08. The second-order valence-electron chi connectivity index (χ2n) is 1.80. The molecule has 0 bridgehead atoms. The molecule has 1 nitrogen and oxygen atoms in total. The quantitative estimate of drug-likeness (QED) is 0.336. The van der Waals surface area contributed by atoms with Gasteiger partial charge < -0.3 is 4.74 Å². The third kappa shape index (κ3) is 4.10. The van der Waals surface area contributed by atoms with E-state index in [9.17, 15) is 0 Å². The van der Waals surface area contributed by atoms with Gasteiger partial charge in [-0.15, -0.1) is 11.6 Å². The van der Waals surface area contributed by atoms with Crippen LogP contribution in [0.3, 0.4) is 0 Å². The van der Waals surface area contributed by atoms with E-state index in [1.807, 2.05) is 0 Å². The highest BCUT2D eigenvalue weighted by Gasteiger charge is 1.94. The van der Waals surface area contributed by atoms with Crippen molar-refractivity contribution in [2.24, 2.45) is 0 Å². The van der Waals surface area contributed by atoms with Crippen molar-refractivity contribution in [3.05, 3.63) is 24.5 Å². The Morgan fingerprint density at radius 1 is 1.56 bits per heavy atom. The number of halogens is 1. The van der Waals surface area contributed by atoms with Gasteiger partial charge in [0.05, 0.1) is 12.9 Å². The summed E-state index contributed by atoms with van der Waals surface area (Å²) < 4.78 is 4.81. The van der Waals surface area contributed by atoms with Crippen LogP contribution in [0.1, 0.15) is 6.42 Å². The van der Waals surface area contributed by atoms with Crippen LogP contribution in [0.2, 0.25) is 0 Å². The molecule has 0 aliphatic rings. The standard InChI is InChI=1S/C7H11ClO/c1-6(5-8)4-7(2)9-3/h1-2,4-5H2,3H3. The molecule has 0 atom stereocenters. The Kier molecular flexibility index (Phi) is 4.24. The first-order valence-electron chi connectivity index (χ1n) is 2.65. The molecule has 0 aliphatic carbocycles. The lowest BCUT2D eigenvalue weighted by Gasteiger charge is -2.02. The van der Waals surface area contributed by atoms with Crippen LogP contribution in [0.15, 0.2) is 24.5 Å². The minimum Gasteiger partial charge on any atom is -0.501 e. The maximum absolute atomic E-state index is 5.46. The van der Waals surface area contributed by atoms with Gasteiger partial charge in [0, 0.05) is 12.3 Å². The second kappa shape index (κ2) is 4.45. The van der Waals surface area contributed by atoms with Crippen LogP contribution in [-0.2, 0) is 4.74 Å². The molecule has 0 heterocycles. The summed E-state index contributed by atoms with van der Waals surface area (Å²) in [7, 11) is 1.59. The SMILES string of the molecule is C=C(CCl)CC(=C)OC. The molecule has 0 amide bonds. The number of ether oxygens (including phenoxy) is 1. The molecular weight excluding hydrogens is 136 g/mol. The van der Waals surface area contributed by atoms with E-state index in [0.717, 1.165) is 5.57 Å². The van der Waals surface area contributed by atoms with Gasteiger partial charge in [0.25, 0.3) is 0 Å². The van der Waals surface area contributed by atoms with Gasteiger partial charge in [-0.3, -0.25) is 0 Å². The molecular formula is C7H11ClO. The fraction of sp³-hybridized carbons (Fsp3) is 0.429. The van der Waals surface area contributed by atoms with E-state index in [4.69, 9.17) is 16.3 Å². The van der Waals surface area contributed by atoms with Crippen LogP contribution in [0.25, 0.3) is 0 Å². The molecule has 52 valence electrons. The van der Waals surface area contributed by atoms with Crippen molar-refractivity contribution in [1.82, 2.24) is 0 Å². The van der Waals surface area contributed by atoms with Gasteiger partial charge in [-0.1, -0.05) is 18.7 Å². The number of rotatable bonds is 4. The fourth-order valence-electron chi connectivity index (χ4n) is 0.398. The molecule has 0 saturated heterocycles. The molecule has 0 N–H and O–H groups in total. The number of hydrogen-bond donors (Lipinski definition) is 0. The molecule has 2 heteroatoms. The lowest BCUT2D eigenvalue weighted by molar-refractivity contribution is 0.285. The highest BCUT2D eigenvalue weighted by molar-refractivity contribution is 6.19. The molecule has 0 aromatic carbocycles. The predicted octanol–water partition coefficient (Wildman–Crippen LogP) is 2.33. The zero-order valence-electron chi connectivity index (χ0n) is 5.61. The van der Waals surface area contributed by atoms with Crippen molar-refractivity contribution in [3.8, 4) is 0 Å². The molecule has 0 aromatic heterocycles. The molecule has 0 unspecified atom stereocenters. The van der Waals surface area contributed by atoms with Crippen molar-refractivity contribution in [2.45, 2.75) is 6.42 Å². The Labute approximate surface area is 61.0 Å². The minimum atomic E-state index is 0.475. The number of hydrogen-bond acceptors (Lipinski definition) is 1. The summed E-state index contributed by atoms with van der Waals surface area (Å²) in [5, 5.41) is 0. The Bertz CT molecular complexity index is 104. The number of allylic oxidation sites excluding steroid dienone is 1. The monoisotopic (exact) mass is 146 g/mol. The smallest absolute Gasteiger partial charge is 0.0924 e. The first-order chi connectivity index (χ1) is 4.20.